The molecule has 0 aliphatic carbocycles. The number of hydrogen-bond acceptors (Lipinski definition) is 4. The molecular weight excluding hydrogens is 391 g/mol. The summed E-state index contributed by atoms with van der Waals surface area (Å²) in [6, 6.07) is 4.92. The minimum absolute atomic E-state index is 0.0454. The second-order valence-electron chi connectivity index (χ2n) is 5.90. The van der Waals surface area contributed by atoms with Crippen LogP contribution < -0.4 is 21.9 Å². The van der Waals surface area contributed by atoms with Crippen LogP contribution in [0.1, 0.15) is 25.3 Å². The maximum absolute atomic E-state index is 12.5. The molecule has 0 spiro atoms. The number of unbranched alkanes of at least 4 members (excludes halogenated alkanes) is 1. The maximum Gasteiger partial charge on any atom is 0.330 e. The number of nitrogens with zero attached hydrogens (tertiary/aromatic N) is 2. The highest BCUT2D eigenvalue weighted by Gasteiger charge is 2.19. The third kappa shape index (κ3) is 4.81. The van der Waals surface area contributed by atoms with Crippen LogP contribution in [0, 0.1) is 0 Å². The van der Waals surface area contributed by atoms with Gasteiger partial charge in [-0.3, -0.25) is 19.1 Å². The fraction of sp³-hybridized carbons (Fsp3) is 0.278. The Balaban J connectivity index is 2.33. The molecule has 9 heteroatoms. The maximum atomic E-state index is 12.5. The van der Waals surface area contributed by atoms with Gasteiger partial charge in [0.05, 0.1) is 10.0 Å². The number of aromatic nitrogens is 2. The van der Waals surface area contributed by atoms with Crippen molar-refractivity contribution in [3.63, 3.8) is 0 Å². The average molecular weight is 411 g/mol. The molecule has 0 aliphatic heterocycles. The van der Waals surface area contributed by atoms with Crippen molar-refractivity contribution in [1.29, 1.82) is 0 Å². The molecular formula is C18H20Cl2N4O3. The number of carbonyl (C=O) groups excluding carboxylic acids is 1. The largest absolute Gasteiger partial charge is 0.383 e. The van der Waals surface area contributed by atoms with E-state index in [4.69, 9.17) is 28.9 Å². The van der Waals surface area contributed by atoms with Crippen molar-refractivity contribution in [2.75, 3.05) is 17.7 Å². The lowest BCUT2D eigenvalue weighted by atomic mass is 10.2. The van der Waals surface area contributed by atoms with E-state index in [1.54, 1.807) is 24.3 Å². The Morgan fingerprint density at radius 1 is 1.30 bits per heavy atom. The molecule has 0 fully saturated rings. The highest BCUT2D eigenvalue weighted by Crippen LogP contribution is 2.23. The Labute approximate surface area is 166 Å². The summed E-state index contributed by atoms with van der Waals surface area (Å²) in [5.74, 6) is -0.532. The van der Waals surface area contributed by atoms with Gasteiger partial charge in [0.1, 0.15) is 5.82 Å². The number of likely N-dealkylation sites (N-methyl/N-ethyl adjacent to an activating group) is 1. The molecule has 0 bridgehead atoms. The van der Waals surface area contributed by atoms with E-state index in [0.717, 1.165) is 11.3 Å². The van der Waals surface area contributed by atoms with Gasteiger partial charge in [-0.25, -0.2) is 4.79 Å². The molecule has 144 valence electrons. The minimum atomic E-state index is -0.718. The molecule has 1 aromatic carbocycles. The number of aromatic amines is 1. The van der Waals surface area contributed by atoms with Crippen LogP contribution in [0.4, 0.5) is 11.5 Å². The molecule has 0 aliphatic rings. The summed E-state index contributed by atoms with van der Waals surface area (Å²) in [7, 11) is 1.41. The van der Waals surface area contributed by atoms with Crippen LogP contribution in [0.25, 0.3) is 6.08 Å². The van der Waals surface area contributed by atoms with E-state index in [0.29, 0.717) is 28.6 Å². The smallest absolute Gasteiger partial charge is 0.330 e. The number of carbonyl (C=O) groups is 1. The van der Waals surface area contributed by atoms with Gasteiger partial charge >= 0.3 is 5.69 Å². The molecule has 27 heavy (non-hydrogen) atoms. The number of amides is 1. The van der Waals surface area contributed by atoms with Crippen LogP contribution in [0.5, 0.6) is 0 Å². The van der Waals surface area contributed by atoms with Crippen LogP contribution in [0.3, 0.4) is 0 Å². The molecule has 1 heterocycles. The summed E-state index contributed by atoms with van der Waals surface area (Å²) in [6.07, 6.45) is 4.38. The van der Waals surface area contributed by atoms with Crippen molar-refractivity contribution in [2.45, 2.75) is 26.3 Å². The zero-order valence-corrected chi connectivity index (χ0v) is 16.5. The topological polar surface area (TPSA) is 101 Å². The number of halogens is 2. The fourth-order valence-corrected chi connectivity index (χ4v) is 2.75. The van der Waals surface area contributed by atoms with E-state index >= 15 is 0 Å². The molecule has 1 aromatic heterocycles. The molecule has 7 nitrogen and oxygen atoms in total. The number of anilines is 2. The zero-order valence-electron chi connectivity index (χ0n) is 15.0. The lowest BCUT2D eigenvalue weighted by molar-refractivity contribution is -0.113. The summed E-state index contributed by atoms with van der Waals surface area (Å²) < 4.78 is 1.26. The number of H-pyrrole nitrogens is 1. The summed E-state index contributed by atoms with van der Waals surface area (Å²) in [4.78, 5) is 39.9. The predicted octanol–water partition coefficient (Wildman–Crippen LogP) is 2.90. The molecule has 1 amide bonds. The molecule has 3 N–H and O–H groups in total. The van der Waals surface area contributed by atoms with Crippen LogP contribution >= 0.6 is 23.2 Å². The lowest BCUT2D eigenvalue weighted by Gasteiger charge is -2.19. The van der Waals surface area contributed by atoms with Gasteiger partial charge in [0.25, 0.3) is 11.5 Å². The second kappa shape index (κ2) is 8.92. The molecule has 0 radical (unpaired) electrons. The molecule has 2 aromatic rings. The van der Waals surface area contributed by atoms with E-state index in [-0.39, 0.29) is 11.5 Å². The first-order chi connectivity index (χ1) is 12.8. The first kappa shape index (κ1) is 20.8. The Morgan fingerprint density at radius 3 is 2.63 bits per heavy atom. The van der Waals surface area contributed by atoms with Crippen molar-refractivity contribution in [1.82, 2.24) is 9.55 Å². The SMILES string of the molecule is CCCCn1c(N)c(N(C)C(=O)/C=C/c2ccc(Cl)c(Cl)c2)c(=O)[nH]c1=O. The third-order valence-corrected chi connectivity index (χ3v) is 4.72. The average Bonchev–Trinajstić information content (AvgIpc) is 2.61. The molecule has 0 saturated heterocycles. The quantitative estimate of drug-likeness (QED) is 0.714. The van der Waals surface area contributed by atoms with E-state index in [1.165, 1.54) is 17.7 Å². The van der Waals surface area contributed by atoms with Gasteiger partial charge in [0.2, 0.25) is 0 Å². The molecule has 0 atom stereocenters. The van der Waals surface area contributed by atoms with Gasteiger partial charge < -0.3 is 10.6 Å². The van der Waals surface area contributed by atoms with Crippen molar-refractivity contribution in [3.8, 4) is 0 Å². The first-order valence-corrected chi connectivity index (χ1v) is 9.05. The summed E-state index contributed by atoms with van der Waals surface area (Å²) >= 11 is 11.8. The molecule has 2 rings (SSSR count). The van der Waals surface area contributed by atoms with Crippen molar-refractivity contribution >= 4 is 46.7 Å². The van der Waals surface area contributed by atoms with Gasteiger partial charge in [-0.15, -0.1) is 0 Å². The number of rotatable bonds is 6. The van der Waals surface area contributed by atoms with E-state index in [2.05, 4.69) is 4.98 Å². The fourth-order valence-electron chi connectivity index (χ4n) is 2.45. The second-order valence-corrected chi connectivity index (χ2v) is 6.72. The van der Waals surface area contributed by atoms with E-state index in [9.17, 15) is 14.4 Å². The number of nitrogens with two attached hydrogens (primary N) is 1. The van der Waals surface area contributed by atoms with Crippen LogP contribution in [-0.4, -0.2) is 22.5 Å². The normalized spacial score (nSPS) is 11.1. The van der Waals surface area contributed by atoms with Crippen LogP contribution in [0.15, 0.2) is 33.9 Å². The van der Waals surface area contributed by atoms with Crippen LogP contribution in [-0.2, 0) is 11.3 Å². The lowest BCUT2D eigenvalue weighted by Crippen LogP contribution is -2.38. The third-order valence-electron chi connectivity index (χ3n) is 3.98. The van der Waals surface area contributed by atoms with Crippen molar-refractivity contribution in [3.05, 3.63) is 60.7 Å². The van der Waals surface area contributed by atoms with Gasteiger partial charge in [-0.05, 0) is 30.2 Å². The number of hydrogen-bond donors (Lipinski definition) is 2. The number of benzene rings is 1. The van der Waals surface area contributed by atoms with Gasteiger partial charge in [-0.2, -0.15) is 0 Å². The molecule has 0 saturated carbocycles. The predicted molar refractivity (Wildman–Crippen MR) is 110 cm³/mol. The molecule has 0 unspecified atom stereocenters. The summed E-state index contributed by atoms with van der Waals surface area (Å²) in [6.45, 7) is 2.32. The standard InChI is InChI=1S/C18H20Cl2N4O3/c1-3-4-9-24-16(21)15(17(26)22-18(24)27)23(2)14(25)8-6-11-5-7-12(19)13(20)10-11/h5-8,10H,3-4,9,21H2,1-2H3,(H,22,26,27)/b8-6+. The van der Waals surface area contributed by atoms with Gasteiger partial charge in [-0.1, -0.05) is 42.6 Å². The van der Waals surface area contributed by atoms with Crippen molar-refractivity contribution in [2.24, 2.45) is 0 Å². The summed E-state index contributed by atoms with van der Waals surface area (Å²) in [5, 5.41) is 0.772. The van der Waals surface area contributed by atoms with E-state index in [1.807, 2.05) is 6.92 Å². The Kier molecular flexibility index (Phi) is 6.87. The Bertz CT molecular complexity index is 995. The highest BCUT2D eigenvalue weighted by atomic mass is 35.5. The van der Waals surface area contributed by atoms with Crippen LogP contribution in [0.2, 0.25) is 10.0 Å². The highest BCUT2D eigenvalue weighted by molar-refractivity contribution is 6.42. The first-order valence-electron chi connectivity index (χ1n) is 8.29. The Hall–Kier alpha value is -2.51. The summed E-state index contributed by atoms with van der Waals surface area (Å²) in [5.41, 5.74) is 5.28. The number of nitrogen functional groups attached to an aromatic ring is 1. The monoisotopic (exact) mass is 410 g/mol. The van der Waals surface area contributed by atoms with Gasteiger partial charge in [0.15, 0.2) is 5.69 Å². The minimum Gasteiger partial charge on any atom is -0.383 e. The van der Waals surface area contributed by atoms with E-state index < -0.39 is 17.2 Å². The van der Waals surface area contributed by atoms with Gasteiger partial charge in [0, 0.05) is 19.7 Å². The van der Waals surface area contributed by atoms with Crippen molar-refractivity contribution < 1.29 is 4.79 Å². The number of nitrogens with one attached hydrogen (secondary N) is 1. The Morgan fingerprint density at radius 2 is 2.00 bits per heavy atom. The zero-order chi connectivity index (χ0) is 20.1.